The van der Waals surface area contributed by atoms with Crippen LogP contribution >= 0.6 is 0 Å². The number of nitrogens with one attached hydrogen (secondary N) is 2. The monoisotopic (exact) mass is 281 g/mol. The molecule has 0 radical (unpaired) electrons. The minimum absolute atomic E-state index is 0.135. The quantitative estimate of drug-likeness (QED) is 0.428. The van der Waals surface area contributed by atoms with Crippen molar-refractivity contribution in [1.82, 2.24) is 15.0 Å². The van der Waals surface area contributed by atoms with Gasteiger partial charge in [0.05, 0.1) is 4.92 Å². The van der Waals surface area contributed by atoms with Crippen LogP contribution in [0.25, 0.3) is 0 Å². The number of anilines is 2. The summed E-state index contributed by atoms with van der Waals surface area (Å²) >= 11 is 0. The third-order valence-corrected chi connectivity index (χ3v) is 3.52. The molecule has 1 aromatic heterocycles. The molecular formula is C11H19N7O2. The van der Waals surface area contributed by atoms with E-state index in [1.807, 2.05) is 5.01 Å². The molecule has 1 aliphatic rings. The molecule has 110 valence electrons. The van der Waals surface area contributed by atoms with Gasteiger partial charge in [-0.05, 0) is 26.7 Å². The summed E-state index contributed by atoms with van der Waals surface area (Å²) in [5.74, 6) is 5.53. The van der Waals surface area contributed by atoms with Crippen molar-refractivity contribution in [3.05, 3.63) is 16.3 Å². The smallest absolute Gasteiger partial charge is 0.297 e. The summed E-state index contributed by atoms with van der Waals surface area (Å²) in [6, 6.07) is 0.560. The van der Waals surface area contributed by atoms with Crippen molar-refractivity contribution in [2.45, 2.75) is 45.2 Å². The van der Waals surface area contributed by atoms with E-state index < -0.39 is 4.92 Å². The molecule has 0 aromatic carbocycles. The molecule has 9 nitrogen and oxygen atoms in total. The summed E-state index contributed by atoms with van der Waals surface area (Å²) in [6.07, 6.45) is 4.38. The molecule has 0 spiro atoms. The molecule has 2 unspecified atom stereocenters. The molecule has 0 aliphatic carbocycles. The fourth-order valence-corrected chi connectivity index (χ4v) is 2.42. The maximum atomic E-state index is 11.0. The van der Waals surface area contributed by atoms with Gasteiger partial charge in [0, 0.05) is 12.1 Å². The normalized spacial score (nSPS) is 23.4. The van der Waals surface area contributed by atoms with Gasteiger partial charge in [-0.1, -0.05) is 6.42 Å². The van der Waals surface area contributed by atoms with E-state index in [9.17, 15) is 10.1 Å². The second-order valence-corrected chi connectivity index (χ2v) is 4.98. The molecule has 1 fully saturated rings. The standard InChI is InChI=1S/C11H19N7O2/c1-7-4-3-5-8(2)17(7)16-10-9(18(19)20)6-13-11(14-10)15-12/h6-8H,3-5,12H2,1-2H3,(H2,13,14,15,16). The summed E-state index contributed by atoms with van der Waals surface area (Å²) < 4.78 is 0. The van der Waals surface area contributed by atoms with Gasteiger partial charge in [0.1, 0.15) is 6.20 Å². The molecule has 4 N–H and O–H groups in total. The number of nitro groups is 1. The van der Waals surface area contributed by atoms with Crippen molar-refractivity contribution in [3.8, 4) is 0 Å². The van der Waals surface area contributed by atoms with Crippen molar-refractivity contribution in [3.63, 3.8) is 0 Å². The Morgan fingerprint density at radius 1 is 1.45 bits per heavy atom. The van der Waals surface area contributed by atoms with Crippen LogP contribution < -0.4 is 16.7 Å². The van der Waals surface area contributed by atoms with Gasteiger partial charge in [-0.2, -0.15) is 4.98 Å². The molecule has 1 saturated heterocycles. The number of nitrogen functional groups attached to an aromatic ring is 1. The predicted octanol–water partition coefficient (Wildman–Crippen LogP) is 1.26. The Balaban J connectivity index is 2.28. The van der Waals surface area contributed by atoms with Crippen LogP contribution in [0.1, 0.15) is 33.1 Å². The molecule has 0 bridgehead atoms. The summed E-state index contributed by atoms with van der Waals surface area (Å²) in [5.41, 5.74) is 5.17. The first kappa shape index (κ1) is 14.4. The lowest BCUT2D eigenvalue weighted by Crippen LogP contribution is -2.47. The van der Waals surface area contributed by atoms with E-state index in [1.54, 1.807) is 0 Å². The molecule has 20 heavy (non-hydrogen) atoms. The largest absolute Gasteiger partial charge is 0.330 e. The third-order valence-electron chi connectivity index (χ3n) is 3.52. The van der Waals surface area contributed by atoms with Crippen LogP contribution in [0.2, 0.25) is 0 Å². The summed E-state index contributed by atoms with van der Waals surface area (Å²) in [7, 11) is 0. The van der Waals surface area contributed by atoms with Crippen LogP contribution in [0.3, 0.4) is 0 Å². The topological polar surface area (TPSA) is 122 Å². The van der Waals surface area contributed by atoms with E-state index in [2.05, 4.69) is 34.7 Å². The van der Waals surface area contributed by atoms with E-state index in [0.29, 0.717) is 0 Å². The number of hydrogen-bond donors (Lipinski definition) is 3. The molecule has 9 heteroatoms. The number of nitrogens with two attached hydrogens (primary N) is 1. The Kier molecular flexibility index (Phi) is 4.30. The second-order valence-electron chi connectivity index (χ2n) is 4.98. The first-order valence-corrected chi connectivity index (χ1v) is 6.56. The van der Waals surface area contributed by atoms with Crippen molar-refractivity contribution in [2.24, 2.45) is 5.84 Å². The Morgan fingerprint density at radius 3 is 2.65 bits per heavy atom. The molecule has 2 atom stereocenters. The van der Waals surface area contributed by atoms with Gasteiger partial charge in [0.2, 0.25) is 11.8 Å². The number of hydrogen-bond acceptors (Lipinski definition) is 8. The molecular weight excluding hydrogens is 262 g/mol. The van der Waals surface area contributed by atoms with Crippen LogP contribution in [-0.2, 0) is 0 Å². The van der Waals surface area contributed by atoms with Gasteiger partial charge in [-0.15, -0.1) is 0 Å². The maximum absolute atomic E-state index is 11.0. The summed E-state index contributed by atoms with van der Waals surface area (Å²) in [6.45, 7) is 4.16. The lowest BCUT2D eigenvalue weighted by molar-refractivity contribution is -0.384. The Morgan fingerprint density at radius 2 is 2.10 bits per heavy atom. The second kappa shape index (κ2) is 5.97. The SMILES string of the molecule is CC1CCCC(C)N1Nc1nc(NN)ncc1[N+](=O)[O-]. The molecule has 2 rings (SSSR count). The van der Waals surface area contributed by atoms with Crippen LogP contribution in [0.4, 0.5) is 17.5 Å². The highest BCUT2D eigenvalue weighted by Crippen LogP contribution is 2.27. The van der Waals surface area contributed by atoms with Crippen LogP contribution in [0.5, 0.6) is 0 Å². The first-order chi connectivity index (χ1) is 9.52. The van der Waals surface area contributed by atoms with E-state index in [1.165, 1.54) is 0 Å². The van der Waals surface area contributed by atoms with Gasteiger partial charge in [-0.3, -0.25) is 21.0 Å². The zero-order valence-electron chi connectivity index (χ0n) is 11.5. The highest BCUT2D eigenvalue weighted by atomic mass is 16.6. The van der Waals surface area contributed by atoms with Gasteiger partial charge >= 0.3 is 5.69 Å². The average molecular weight is 281 g/mol. The fraction of sp³-hybridized carbons (Fsp3) is 0.636. The van der Waals surface area contributed by atoms with Gasteiger partial charge in [0.15, 0.2) is 0 Å². The Bertz CT molecular complexity index is 486. The van der Waals surface area contributed by atoms with E-state index in [4.69, 9.17) is 5.84 Å². The van der Waals surface area contributed by atoms with Gasteiger partial charge in [0.25, 0.3) is 0 Å². The van der Waals surface area contributed by atoms with Crippen molar-refractivity contribution in [1.29, 1.82) is 0 Å². The minimum Gasteiger partial charge on any atom is -0.297 e. The number of hydrazine groups is 2. The third kappa shape index (κ3) is 2.94. The van der Waals surface area contributed by atoms with Gasteiger partial charge in [-0.25, -0.2) is 15.8 Å². The van der Waals surface area contributed by atoms with E-state index in [-0.39, 0.29) is 29.5 Å². The number of piperidine rings is 1. The Labute approximate surface area is 116 Å². The summed E-state index contributed by atoms with van der Waals surface area (Å²) in [4.78, 5) is 18.3. The predicted molar refractivity (Wildman–Crippen MR) is 74.7 cm³/mol. The van der Waals surface area contributed by atoms with E-state index >= 15 is 0 Å². The summed E-state index contributed by atoms with van der Waals surface area (Å²) in [5, 5.41) is 13.0. The van der Waals surface area contributed by atoms with Crippen LogP contribution in [-0.4, -0.2) is 32.0 Å². The first-order valence-electron chi connectivity index (χ1n) is 6.56. The van der Waals surface area contributed by atoms with Gasteiger partial charge < -0.3 is 0 Å². The number of aromatic nitrogens is 2. The number of rotatable bonds is 4. The highest BCUT2D eigenvalue weighted by Gasteiger charge is 2.28. The lowest BCUT2D eigenvalue weighted by Gasteiger charge is -2.38. The van der Waals surface area contributed by atoms with Crippen molar-refractivity contribution in [2.75, 3.05) is 10.9 Å². The number of nitrogens with zero attached hydrogens (tertiary/aromatic N) is 4. The highest BCUT2D eigenvalue weighted by molar-refractivity contribution is 5.56. The average Bonchev–Trinajstić information content (AvgIpc) is 2.42. The zero-order valence-corrected chi connectivity index (χ0v) is 11.5. The molecule has 0 amide bonds. The molecule has 0 saturated carbocycles. The fourth-order valence-electron chi connectivity index (χ4n) is 2.42. The van der Waals surface area contributed by atoms with Crippen molar-refractivity contribution < 1.29 is 4.92 Å². The zero-order chi connectivity index (χ0) is 14.7. The molecule has 1 aromatic rings. The maximum Gasteiger partial charge on any atom is 0.330 e. The minimum atomic E-state index is -0.512. The van der Waals surface area contributed by atoms with Crippen molar-refractivity contribution >= 4 is 17.5 Å². The molecule has 2 heterocycles. The molecule has 1 aliphatic heterocycles. The van der Waals surface area contributed by atoms with Crippen LogP contribution in [0.15, 0.2) is 6.20 Å². The Hall–Kier alpha value is -2.00. The van der Waals surface area contributed by atoms with Crippen LogP contribution in [0, 0.1) is 10.1 Å². The lowest BCUT2D eigenvalue weighted by atomic mass is 10.00. The van der Waals surface area contributed by atoms with E-state index in [0.717, 1.165) is 25.5 Å².